The quantitative estimate of drug-likeness (QED) is 0.527. The summed E-state index contributed by atoms with van der Waals surface area (Å²) in [6.07, 6.45) is 12.1. The first kappa shape index (κ1) is 18.5. The smallest absolute Gasteiger partial charge is 0.302 e. The van der Waals surface area contributed by atoms with E-state index in [2.05, 4.69) is 26.8 Å². The van der Waals surface area contributed by atoms with E-state index in [4.69, 9.17) is 4.74 Å². The highest BCUT2D eigenvalue weighted by atomic mass is 16.5. The van der Waals surface area contributed by atoms with Gasteiger partial charge in [0.15, 0.2) is 0 Å². The largest absolute Gasteiger partial charge is 0.463 e. The molecule has 3 nitrogen and oxygen atoms in total. The fourth-order valence-electron chi connectivity index (χ4n) is 7.83. The first-order chi connectivity index (χ1) is 12.2. The standard InChI is InChI=1S/C23H36O3/c1-5-16-6-8-19-20-9-7-17-14-18(26-15(2)24)10-11-22(17,4)23(20,25)13-12-21(16,19)3/h5,17-20,25H,6-14H2,1-4H3/b16-5-/t17-,18-,19?,20?,21-,22+,23-/m1/s1. The second-order valence-corrected chi connectivity index (χ2v) is 10.1. The molecular weight excluding hydrogens is 324 g/mol. The number of rotatable bonds is 1. The normalized spacial score (nSPS) is 52.1. The summed E-state index contributed by atoms with van der Waals surface area (Å²) in [5, 5.41) is 12.1. The highest BCUT2D eigenvalue weighted by molar-refractivity contribution is 5.66. The lowest BCUT2D eigenvalue weighted by Crippen LogP contribution is -2.65. The first-order valence-corrected chi connectivity index (χ1v) is 10.8. The van der Waals surface area contributed by atoms with Gasteiger partial charge >= 0.3 is 5.97 Å². The van der Waals surface area contributed by atoms with E-state index in [-0.39, 0.29) is 17.5 Å². The van der Waals surface area contributed by atoms with Crippen molar-refractivity contribution in [1.82, 2.24) is 0 Å². The van der Waals surface area contributed by atoms with Crippen LogP contribution in [0.1, 0.15) is 85.5 Å². The van der Waals surface area contributed by atoms with Crippen molar-refractivity contribution in [2.24, 2.45) is 28.6 Å². The molecule has 4 aliphatic carbocycles. The van der Waals surface area contributed by atoms with E-state index in [1.165, 1.54) is 26.2 Å². The minimum absolute atomic E-state index is 0.0213. The SMILES string of the molecule is C/C=C1/CCC2C3CC[C@@H]4C[C@H](OC(C)=O)CC[C@]4(C)[C@@]3(O)CC[C@]12C. The van der Waals surface area contributed by atoms with Crippen LogP contribution in [0.2, 0.25) is 0 Å². The molecule has 0 aromatic carbocycles. The summed E-state index contributed by atoms with van der Waals surface area (Å²) in [7, 11) is 0. The number of aliphatic hydroxyl groups is 1. The van der Waals surface area contributed by atoms with E-state index in [9.17, 15) is 9.90 Å². The lowest BCUT2D eigenvalue weighted by atomic mass is 9.42. The molecule has 0 bridgehead atoms. The van der Waals surface area contributed by atoms with Crippen LogP contribution in [0.5, 0.6) is 0 Å². The summed E-state index contributed by atoms with van der Waals surface area (Å²) in [5.41, 5.74) is 1.39. The minimum Gasteiger partial charge on any atom is -0.463 e. The van der Waals surface area contributed by atoms with Gasteiger partial charge in [-0.1, -0.05) is 25.5 Å². The molecule has 0 aliphatic heterocycles. The lowest BCUT2D eigenvalue weighted by Gasteiger charge is -2.65. The summed E-state index contributed by atoms with van der Waals surface area (Å²) >= 11 is 0. The van der Waals surface area contributed by atoms with Crippen LogP contribution < -0.4 is 0 Å². The van der Waals surface area contributed by atoms with Crippen molar-refractivity contribution in [3.05, 3.63) is 11.6 Å². The van der Waals surface area contributed by atoms with Crippen LogP contribution in [-0.2, 0) is 9.53 Å². The van der Waals surface area contributed by atoms with Crippen molar-refractivity contribution in [3.8, 4) is 0 Å². The van der Waals surface area contributed by atoms with Crippen LogP contribution in [0.4, 0.5) is 0 Å². The summed E-state index contributed by atoms with van der Waals surface area (Å²) in [4.78, 5) is 11.4. The molecule has 4 rings (SSSR count). The lowest BCUT2D eigenvalue weighted by molar-refractivity contribution is -0.236. The molecule has 3 heteroatoms. The number of fused-ring (bicyclic) bond motifs is 5. The number of hydrogen-bond donors (Lipinski definition) is 1. The van der Waals surface area contributed by atoms with Crippen molar-refractivity contribution >= 4 is 5.97 Å². The van der Waals surface area contributed by atoms with Crippen molar-refractivity contribution in [1.29, 1.82) is 0 Å². The predicted octanol–water partition coefficient (Wildman–Crippen LogP) is 5.02. The van der Waals surface area contributed by atoms with Crippen LogP contribution >= 0.6 is 0 Å². The molecule has 0 saturated heterocycles. The first-order valence-electron chi connectivity index (χ1n) is 10.8. The molecule has 26 heavy (non-hydrogen) atoms. The molecule has 1 N–H and O–H groups in total. The van der Waals surface area contributed by atoms with Gasteiger partial charge in [0.05, 0.1) is 5.60 Å². The van der Waals surface area contributed by atoms with Crippen LogP contribution in [0, 0.1) is 28.6 Å². The van der Waals surface area contributed by atoms with Gasteiger partial charge in [0.1, 0.15) is 6.10 Å². The fourth-order valence-corrected chi connectivity index (χ4v) is 7.83. The Hall–Kier alpha value is -0.830. The van der Waals surface area contributed by atoms with Gasteiger partial charge in [0, 0.05) is 6.92 Å². The summed E-state index contributed by atoms with van der Waals surface area (Å²) in [5.74, 6) is 1.39. The Morgan fingerprint density at radius 1 is 1.12 bits per heavy atom. The average molecular weight is 361 g/mol. The highest BCUT2D eigenvalue weighted by Crippen LogP contribution is 2.68. The van der Waals surface area contributed by atoms with Gasteiger partial charge in [-0.2, -0.15) is 0 Å². The maximum absolute atomic E-state index is 12.1. The Morgan fingerprint density at radius 2 is 1.88 bits per heavy atom. The topological polar surface area (TPSA) is 46.5 Å². The molecule has 2 unspecified atom stereocenters. The average Bonchev–Trinajstić information content (AvgIpc) is 2.92. The third-order valence-corrected chi connectivity index (χ3v) is 9.33. The zero-order valence-electron chi connectivity index (χ0n) is 17.0. The predicted molar refractivity (Wildman–Crippen MR) is 102 cm³/mol. The maximum Gasteiger partial charge on any atom is 0.302 e. The Balaban J connectivity index is 1.61. The molecule has 0 aromatic rings. The molecule has 0 radical (unpaired) electrons. The number of hydrogen-bond acceptors (Lipinski definition) is 3. The molecule has 0 spiro atoms. The molecule has 7 atom stereocenters. The van der Waals surface area contributed by atoms with E-state index in [0.29, 0.717) is 23.2 Å². The number of carbonyl (C=O) groups excluding carboxylic acids is 1. The molecule has 0 heterocycles. The highest BCUT2D eigenvalue weighted by Gasteiger charge is 2.66. The third kappa shape index (κ3) is 2.38. The molecule has 4 saturated carbocycles. The van der Waals surface area contributed by atoms with Crippen LogP contribution in [0.25, 0.3) is 0 Å². The molecule has 0 aromatic heterocycles. The van der Waals surface area contributed by atoms with E-state index >= 15 is 0 Å². The van der Waals surface area contributed by atoms with Gasteiger partial charge < -0.3 is 9.84 Å². The van der Waals surface area contributed by atoms with Crippen molar-refractivity contribution in [3.63, 3.8) is 0 Å². The Morgan fingerprint density at radius 3 is 2.58 bits per heavy atom. The van der Waals surface area contributed by atoms with Crippen LogP contribution in [0.15, 0.2) is 11.6 Å². The van der Waals surface area contributed by atoms with Gasteiger partial charge in [-0.25, -0.2) is 0 Å². The zero-order chi connectivity index (χ0) is 18.7. The molecule has 146 valence electrons. The Kier molecular flexibility index (Phi) is 4.34. The van der Waals surface area contributed by atoms with Crippen molar-refractivity contribution in [2.75, 3.05) is 0 Å². The van der Waals surface area contributed by atoms with Gasteiger partial charge in [-0.05, 0) is 93.3 Å². The molecule has 4 aliphatic rings. The van der Waals surface area contributed by atoms with Crippen LogP contribution in [-0.4, -0.2) is 22.8 Å². The zero-order valence-corrected chi connectivity index (χ0v) is 17.0. The van der Waals surface area contributed by atoms with Crippen LogP contribution in [0.3, 0.4) is 0 Å². The monoisotopic (exact) mass is 360 g/mol. The Labute approximate surface area is 158 Å². The van der Waals surface area contributed by atoms with E-state index in [1.54, 1.807) is 5.57 Å². The van der Waals surface area contributed by atoms with Crippen molar-refractivity contribution < 1.29 is 14.6 Å². The number of esters is 1. The minimum atomic E-state index is -0.537. The second kappa shape index (κ2) is 6.09. The molecule has 4 fully saturated rings. The van der Waals surface area contributed by atoms with Gasteiger partial charge in [-0.3, -0.25) is 4.79 Å². The number of carbonyl (C=O) groups is 1. The summed E-state index contributed by atoms with van der Waals surface area (Å²) in [6.45, 7) is 8.52. The van der Waals surface area contributed by atoms with E-state index in [0.717, 1.165) is 38.5 Å². The molecule has 0 amide bonds. The van der Waals surface area contributed by atoms with E-state index < -0.39 is 5.60 Å². The second-order valence-electron chi connectivity index (χ2n) is 10.1. The maximum atomic E-state index is 12.1. The van der Waals surface area contributed by atoms with E-state index in [1.807, 2.05) is 0 Å². The number of ether oxygens (including phenoxy) is 1. The molecular formula is C23H36O3. The van der Waals surface area contributed by atoms with Gasteiger partial charge in [0.25, 0.3) is 0 Å². The fraction of sp³-hybridized carbons (Fsp3) is 0.870. The number of allylic oxidation sites excluding steroid dienone is 2. The van der Waals surface area contributed by atoms with Gasteiger partial charge in [0.2, 0.25) is 0 Å². The Bertz CT molecular complexity index is 625. The summed E-state index contributed by atoms with van der Waals surface area (Å²) in [6, 6.07) is 0. The summed E-state index contributed by atoms with van der Waals surface area (Å²) < 4.78 is 5.54. The third-order valence-electron chi connectivity index (χ3n) is 9.33. The van der Waals surface area contributed by atoms with Crippen molar-refractivity contribution in [2.45, 2.75) is 97.2 Å². The van der Waals surface area contributed by atoms with Gasteiger partial charge in [-0.15, -0.1) is 0 Å².